The van der Waals surface area contributed by atoms with Gasteiger partial charge in [0.25, 0.3) is 0 Å². The van der Waals surface area contributed by atoms with E-state index in [1.54, 1.807) is 0 Å². The number of alkyl halides is 1. The number of hydrogen-bond donors (Lipinski definition) is 0. The Morgan fingerprint density at radius 3 is 2.80 bits per heavy atom. The van der Waals surface area contributed by atoms with Crippen molar-refractivity contribution >= 4 is 15.9 Å². The van der Waals surface area contributed by atoms with Gasteiger partial charge in [-0.15, -0.1) is 0 Å². The molecular formula is C8H13BrO. The van der Waals surface area contributed by atoms with Crippen molar-refractivity contribution in [2.75, 3.05) is 18.5 Å². The van der Waals surface area contributed by atoms with Crippen LogP contribution in [0.2, 0.25) is 0 Å². The van der Waals surface area contributed by atoms with Crippen LogP contribution in [0.25, 0.3) is 0 Å². The zero-order valence-electron chi connectivity index (χ0n) is 6.11. The lowest BCUT2D eigenvalue weighted by Gasteiger charge is -2.43. The van der Waals surface area contributed by atoms with E-state index in [1.807, 2.05) is 0 Å². The monoisotopic (exact) mass is 204 g/mol. The van der Waals surface area contributed by atoms with Gasteiger partial charge in [-0.2, -0.15) is 0 Å². The Hall–Kier alpha value is 0.440. The molecule has 2 rings (SSSR count). The lowest BCUT2D eigenvalue weighted by molar-refractivity contribution is 0.0496. The molecular weight excluding hydrogens is 192 g/mol. The van der Waals surface area contributed by atoms with Gasteiger partial charge < -0.3 is 4.74 Å². The summed E-state index contributed by atoms with van der Waals surface area (Å²) < 4.78 is 5.38. The van der Waals surface area contributed by atoms with Crippen molar-refractivity contribution in [3.05, 3.63) is 0 Å². The molecule has 2 aliphatic rings. The second kappa shape index (κ2) is 2.49. The van der Waals surface area contributed by atoms with Crippen LogP contribution >= 0.6 is 15.9 Å². The highest BCUT2D eigenvalue weighted by Crippen LogP contribution is 2.51. The van der Waals surface area contributed by atoms with Crippen LogP contribution in [0, 0.1) is 11.3 Å². The number of halogens is 1. The maximum atomic E-state index is 5.38. The number of rotatable bonds is 1. The fourth-order valence-corrected chi connectivity index (χ4v) is 2.70. The largest absolute Gasteiger partial charge is 0.381 e. The predicted octanol–water partition coefficient (Wildman–Crippen LogP) is 2.20. The van der Waals surface area contributed by atoms with Crippen LogP contribution in [0.3, 0.4) is 0 Å². The van der Waals surface area contributed by atoms with E-state index < -0.39 is 0 Å². The van der Waals surface area contributed by atoms with E-state index in [-0.39, 0.29) is 0 Å². The molecule has 2 fully saturated rings. The summed E-state index contributed by atoms with van der Waals surface area (Å²) in [5.41, 5.74) is 0.637. The van der Waals surface area contributed by atoms with Crippen molar-refractivity contribution in [1.82, 2.24) is 0 Å². The van der Waals surface area contributed by atoms with E-state index in [4.69, 9.17) is 4.74 Å². The highest BCUT2D eigenvalue weighted by Gasteiger charge is 2.45. The van der Waals surface area contributed by atoms with Crippen LogP contribution < -0.4 is 0 Å². The number of ether oxygens (including phenoxy) is 1. The molecule has 1 heterocycles. The fraction of sp³-hybridized carbons (Fsp3) is 1.00. The molecule has 0 unspecified atom stereocenters. The Bertz CT molecular complexity index is 121. The van der Waals surface area contributed by atoms with E-state index in [0.29, 0.717) is 5.41 Å². The van der Waals surface area contributed by atoms with Crippen molar-refractivity contribution < 1.29 is 4.74 Å². The van der Waals surface area contributed by atoms with Crippen LogP contribution in [-0.4, -0.2) is 18.5 Å². The SMILES string of the molecule is BrCC1CC2(CCOC2)C1. The number of hydrogen-bond acceptors (Lipinski definition) is 1. The van der Waals surface area contributed by atoms with Crippen molar-refractivity contribution in [2.24, 2.45) is 11.3 Å². The minimum absolute atomic E-state index is 0.637. The van der Waals surface area contributed by atoms with Crippen LogP contribution in [0.5, 0.6) is 0 Å². The van der Waals surface area contributed by atoms with E-state index in [1.165, 1.54) is 24.6 Å². The Balaban J connectivity index is 1.86. The Labute approximate surface area is 70.3 Å². The summed E-state index contributed by atoms with van der Waals surface area (Å²) in [7, 11) is 0. The van der Waals surface area contributed by atoms with E-state index >= 15 is 0 Å². The minimum atomic E-state index is 0.637. The second-order valence-electron chi connectivity index (χ2n) is 3.73. The Morgan fingerprint density at radius 1 is 1.50 bits per heavy atom. The van der Waals surface area contributed by atoms with Gasteiger partial charge in [-0.05, 0) is 30.6 Å². The van der Waals surface area contributed by atoms with Gasteiger partial charge in [0.05, 0.1) is 6.61 Å². The highest BCUT2D eigenvalue weighted by molar-refractivity contribution is 9.09. The maximum absolute atomic E-state index is 5.38. The first kappa shape index (κ1) is 7.11. The molecule has 0 atom stereocenters. The predicted molar refractivity (Wildman–Crippen MR) is 44.4 cm³/mol. The lowest BCUT2D eigenvalue weighted by Crippen LogP contribution is -2.38. The van der Waals surface area contributed by atoms with Crippen LogP contribution in [0.4, 0.5) is 0 Å². The molecule has 0 amide bonds. The first-order valence-corrected chi connectivity index (χ1v) is 5.11. The van der Waals surface area contributed by atoms with E-state index in [0.717, 1.165) is 19.1 Å². The normalized spacial score (nSPS) is 45.9. The average Bonchev–Trinajstić information content (AvgIpc) is 2.30. The average molecular weight is 205 g/mol. The minimum Gasteiger partial charge on any atom is -0.381 e. The maximum Gasteiger partial charge on any atom is 0.0523 e. The van der Waals surface area contributed by atoms with Crippen molar-refractivity contribution in [2.45, 2.75) is 19.3 Å². The first-order chi connectivity index (χ1) is 4.85. The molecule has 0 aromatic carbocycles. The van der Waals surface area contributed by atoms with Gasteiger partial charge in [-0.25, -0.2) is 0 Å². The molecule has 0 radical (unpaired) electrons. The van der Waals surface area contributed by atoms with Gasteiger partial charge in [-0.1, -0.05) is 15.9 Å². The topological polar surface area (TPSA) is 9.23 Å². The quantitative estimate of drug-likeness (QED) is 0.596. The van der Waals surface area contributed by atoms with E-state index in [9.17, 15) is 0 Å². The Kier molecular flexibility index (Phi) is 1.77. The highest BCUT2D eigenvalue weighted by atomic mass is 79.9. The zero-order chi connectivity index (χ0) is 7.03. The molecule has 0 bridgehead atoms. The smallest absolute Gasteiger partial charge is 0.0523 e. The summed E-state index contributed by atoms with van der Waals surface area (Å²) in [5, 5.41) is 1.19. The third-order valence-electron chi connectivity index (χ3n) is 2.85. The van der Waals surface area contributed by atoms with Crippen LogP contribution in [0.15, 0.2) is 0 Å². The van der Waals surface area contributed by atoms with Crippen LogP contribution in [-0.2, 0) is 4.74 Å². The van der Waals surface area contributed by atoms with E-state index in [2.05, 4.69) is 15.9 Å². The molecule has 1 aliphatic heterocycles. The Morgan fingerprint density at radius 2 is 2.30 bits per heavy atom. The first-order valence-electron chi connectivity index (χ1n) is 3.98. The van der Waals surface area contributed by atoms with Gasteiger partial charge in [0.1, 0.15) is 0 Å². The molecule has 2 heteroatoms. The molecule has 0 N–H and O–H groups in total. The molecule has 1 spiro atoms. The van der Waals surface area contributed by atoms with Gasteiger partial charge in [0.15, 0.2) is 0 Å². The summed E-state index contributed by atoms with van der Waals surface area (Å²) in [5.74, 6) is 0.946. The fourth-order valence-electron chi connectivity index (χ4n) is 2.25. The zero-order valence-corrected chi connectivity index (χ0v) is 7.69. The van der Waals surface area contributed by atoms with Gasteiger partial charge >= 0.3 is 0 Å². The summed E-state index contributed by atoms with van der Waals surface area (Å²) in [6, 6.07) is 0. The van der Waals surface area contributed by atoms with Gasteiger partial charge in [0.2, 0.25) is 0 Å². The van der Waals surface area contributed by atoms with Crippen LogP contribution in [0.1, 0.15) is 19.3 Å². The molecule has 0 aromatic heterocycles. The third-order valence-corrected chi connectivity index (χ3v) is 3.76. The van der Waals surface area contributed by atoms with Crippen molar-refractivity contribution in [1.29, 1.82) is 0 Å². The van der Waals surface area contributed by atoms with Crippen molar-refractivity contribution in [3.8, 4) is 0 Å². The molecule has 58 valence electrons. The molecule has 1 saturated carbocycles. The van der Waals surface area contributed by atoms with Gasteiger partial charge in [-0.3, -0.25) is 0 Å². The summed E-state index contributed by atoms with van der Waals surface area (Å²) >= 11 is 3.52. The summed E-state index contributed by atoms with van der Waals surface area (Å²) in [6.45, 7) is 2.05. The second-order valence-corrected chi connectivity index (χ2v) is 4.38. The summed E-state index contributed by atoms with van der Waals surface area (Å²) in [6.07, 6.45) is 4.12. The molecule has 1 aliphatic carbocycles. The van der Waals surface area contributed by atoms with Crippen molar-refractivity contribution in [3.63, 3.8) is 0 Å². The molecule has 1 nitrogen and oxygen atoms in total. The summed E-state index contributed by atoms with van der Waals surface area (Å²) in [4.78, 5) is 0. The molecule has 1 saturated heterocycles. The lowest BCUT2D eigenvalue weighted by atomic mass is 9.62. The third kappa shape index (κ3) is 1.02. The molecule has 0 aromatic rings. The standard InChI is InChI=1S/C8H13BrO/c9-5-7-3-8(4-7)1-2-10-6-8/h7H,1-6H2. The molecule has 10 heavy (non-hydrogen) atoms. The van der Waals surface area contributed by atoms with Gasteiger partial charge in [0, 0.05) is 11.9 Å².